The molecule has 0 fully saturated rings. The first-order valence-corrected chi connectivity index (χ1v) is 6.82. The molecule has 3 aromatic rings. The van der Waals surface area contributed by atoms with Gasteiger partial charge in [0.1, 0.15) is 17.2 Å². The molecule has 0 bridgehead atoms. The van der Waals surface area contributed by atoms with Gasteiger partial charge in [-0.3, -0.25) is 0 Å². The summed E-state index contributed by atoms with van der Waals surface area (Å²) < 4.78 is 29.8. The van der Waals surface area contributed by atoms with Crippen LogP contribution >= 0.6 is 11.6 Å². The van der Waals surface area contributed by atoms with E-state index in [0.717, 1.165) is 10.7 Å². The third kappa shape index (κ3) is 3.19. The number of ether oxygens (including phenoxy) is 2. The summed E-state index contributed by atoms with van der Waals surface area (Å²) >= 11 is 5.77. The number of rotatable bonds is 4. The molecule has 0 aliphatic carbocycles. The van der Waals surface area contributed by atoms with Crippen LogP contribution < -0.4 is 15.2 Å². The van der Waals surface area contributed by atoms with E-state index in [0.29, 0.717) is 16.5 Å². The van der Waals surface area contributed by atoms with E-state index in [1.165, 1.54) is 19.2 Å². The maximum absolute atomic E-state index is 14.0. The van der Waals surface area contributed by atoms with E-state index in [9.17, 15) is 9.18 Å². The van der Waals surface area contributed by atoms with Gasteiger partial charge < -0.3 is 13.9 Å². The van der Waals surface area contributed by atoms with Crippen LogP contribution in [-0.2, 0) is 0 Å². The lowest BCUT2D eigenvalue weighted by molar-refractivity contribution is 0.320. The minimum Gasteiger partial charge on any atom is -0.497 e. The Balaban J connectivity index is 1.92. The summed E-state index contributed by atoms with van der Waals surface area (Å²) in [5.74, 6) is -0.866. The molecule has 0 aliphatic heterocycles. The molecule has 0 radical (unpaired) electrons. The van der Waals surface area contributed by atoms with E-state index in [1.54, 1.807) is 24.3 Å². The molecular weight excluding hydrogens is 327 g/mol. The van der Waals surface area contributed by atoms with Gasteiger partial charge >= 0.3 is 11.8 Å². The zero-order chi connectivity index (χ0) is 16.4. The van der Waals surface area contributed by atoms with Gasteiger partial charge in [0.25, 0.3) is 0 Å². The van der Waals surface area contributed by atoms with Crippen molar-refractivity contribution in [1.82, 2.24) is 9.78 Å². The quantitative estimate of drug-likeness (QED) is 0.730. The third-order valence-corrected chi connectivity index (χ3v) is 3.18. The van der Waals surface area contributed by atoms with Gasteiger partial charge in [-0.2, -0.15) is 4.68 Å². The number of nitrogens with zero attached hydrogens (tertiary/aromatic N) is 2. The maximum atomic E-state index is 14.0. The molecule has 1 aromatic heterocycles. The lowest BCUT2D eigenvalue weighted by Crippen LogP contribution is -2.14. The smallest absolute Gasteiger partial charge is 0.444 e. The lowest BCUT2D eigenvalue weighted by atomic mass is 10.3. The molecule has 0 unspecified atom stereocenters. The van der Waals surface area contributed by atoms with Crippen LogP contribution in [0.25, 0.3) is 5.69 Å². The summed E-state index contributed by atoms with van der Waals surface area (Å²) in [5.41, 5.74) is -0.0782. The van der Waals surface area contributed by atoms with Crippen LogP contribution in [0.1, 0.15) is 0 Å². The van der Waals surface area contributed by atoms with Crippen molar-refractivity contribution in [3.63, 3.8) is 0 Å². The second-order valence-electron chi connectivity index (χ2n) is 4.42. The molecule has 0 saturated heterocycles. The zero-order valence-corrected chi connectivity index (χ0v) is 12.6. The number of halogens is 2. The van der Waals surface area contributed by atoms with Crippen LogP contribution in [0.3, 0.4) is 0 Å². The number of aromatic nitrogens is 2. The Kier molecular flexibility index (Phi) is 4.03. The number of hydrogen-bond donors (Lipinski definition) is 0. The molecule has 118 valence electrons. The van der Waals surface area contributed by atoms with Crippen molar-refractivity contribution in [3.8, 4) is 23.3 Å². The topological polar surface area (TPSA) is 66.5 Å². The van der Waals surface area contributed by atoms with E-state index < -0.39 is 11.6 Å². The van der Waals surface area contributed by atoms with E-state index in [1.807, 2.05) is 0 Å². The second kappa shape index (κ2) is 6.13. The Bertz CT molecular complexity index is 889. The summed E-state index contributed by atoms with van der Waals surface area (Å²) in [7, 11) is 1.41. The monoisotopic (exact) mass is 336 g/mol. The standard InChI is InChI=1S/C15H10ClFN2O4/c1-21-11-6-7-13(12(17)8-11)19-15(20)23-14(18-19)22-10-4-2-9(16)3-5-10/h2-8H,1H3. The Morgan fingerprint density at radius 3 is 2.52 bits per heavy atom. The highest BCUT2D eigenvalue weighted by Gasteiger charge is 2.15. The fourth-order valence-electron chi connectivity index (χ4n) is 1.84. The fraction of sp³-hybridized carbons (Fsp3) is 0.0667. The average Bonchev–Trinajstić information content (AvgIpc) is 2.89. The van der Waals surface area contributed by atoms with Crippen molar-refractivity contribution >= 4 is 11.6 Å². The Morgan fingerprint density at radius 2 is 1.87 bits per heavy atom. The summed E-state index contributed by atoms with van der Waals surface area (Å²) in [6.07, 6.45) is -0.312. The van der Waals surface area contributed by atoms with Gasteiger partial charge in [-0.15, -0.1) is 0 Å². The first-order valence-electron chi connectivity index (χ1n) is 6.44. The van der Waals surface area contributed by atoms with Crippen LogP contribution in [0.15, 0.2) is 51.7 Å². The Labute approximate surface area is 134 Å². The molecule has 8 heteroatoms. The van der Waals surface area contributed by atoms with Crippen LogP contribution in [0.5, 0.6) is 17.6 Å². The molecule has 0 atom stereocenters. The minimum absolute atomic E-state index is 0.0782. The number of methoxy groups -OCH3 is 1. The van der Waals surface area contributed by atoms with Crippen LogP contribution in [0, 0.1) is 5.82 Å². The summed E-state index contributed by atoms with van der Waals surface area (Å²) in [6, 6.07) is 10.4. The van der Waals surface area contributed by atoms with Crippen molar-refractivity contribution in [1.29, 1.82) is 0 Å². The van der Waals surface area contributed by atoms with Gasteiger partial charge in [-0.1, -0.05) is 16.7 Å². The highest BCUT2D eigenvalue weighted by atomic mass is 35.5. The first kappa shape index (κ1) is 15.1. The normalized spacial score (nSPS) is 10.6. The maximum Gasteiger partial charge on any atom is 0.444 e. The molecule has 0 aliphatic rings. The average molecular weight is 337 g/mol. The van der Waals surface area contributed by atoms with E-state index in [2.05, 4.69) is 5.10 Å². The van der Waals surface area contributed by atoms with Gasteiger partial charge in [-0.05, 0) is 36.4 Å². The summed E-state index contributed by atoms with van der Waals surface area (Å²) in [5, 5.41) is 4.35. The molecule has 0 amide bonds. The predicted molar refractivity (Wildman–Crippen MR) is 80.1 cm³/mol. The molecule has 23 heavy (non-hydrogen) atoms. The molecule has 6 nitrogen and oxygen atoms in total. The van der Waals surface area contributed by atoms with Crippen LogP contribution in [-0.4, -0.2) is 16.9 Å². The van der Waals surface area contributed by atoms with Gasteiger partial charge in [0.2, 0.25) is 0 Å². The summed E-state index contributed by atoms with van der Waals surface area (Å²) in [4.78, 5) is 11.8. The number of benzene rings is 2. The van der Waals surface area contributed by atoms with Gasteiger partial charge in [-0.25, -0.2) is 9.18 Å². The molecule has 0 saturated carbocycles. The number of hydrogen-bond acceptors (Lipinski definition) is 5. The zero-order valence-electron chi connectivity index (χ0n) is 11.8. The van der Waals surface area contributed by atoms with Crippen molar-refractivity contribution in [3.05, 3.63) is 63.9 Å². The molecule has 1 heterocycles. The fourth-order valence-corrected chi connectivity index (χ4v) is 1.97. The first-order chi connectivity index (χ1) is 11.1. The van der Waals surface area contributed by atoms with E-state index >= 15 is 0 Å². The highest BCUT2D eigenvalue weighted by molar-refractivity contribution is 6.30. The Morgan fingerprint density at radius 1 is 1.17 bits per heavy atom. The van der Waals surface area contributed by atoms with Crippen LogP contribution in [0.4, 0.5) is 4.39 Å². The van der Waals surface area contributed by atoms with Gasteiger partial charge in [0.15, 0.2) is 5.82 Å². The molecular formula is C15H10ClFN2O4. The third-order valence-electron chi connectivity index (χ3n) is 2.93. The van der Waals surface area contributed by atoms with Crippen molar-refractivity contribution in [2.75, 3.05) is 7.11 Å². The predicted octanol–water partition coefficient (Wildman–Crippen LogP) is 3.42. The SMILES string of the molecule is COc1ccc(-n2nc(Oc3ccc(Cl)cc3)oc2=O)c(F)c1. The van der Waals surface area contributed by atoms with E-state index in [-0.39, 0.29) is 11.8 Å². The Hall–Kier alpha value is -2.80. The largest absolute Gasteiger partial charge is 0.497 e. The highest BCUT2D eigenvalue weighted by Crippen LogP contribution is 2.22. The van der Waals surface area contributed by atoms with Crippen molar-refractivity contribution in [2.24, 2.45) is 0 Å². The van der Waals surface area contributed by atoms with E-state index in [4.69, 9.17) is 25.5 Å². The van der Waals surface area contributed by atoms with Crippen LogP contribution in [0.2, 0.25) is 5.02 Å². The molecule has 0 spiro atoms. The minimum atomic E-state index is -0.877. The summed E-state index contributed by atoms with van der Waals surface area (Å²) in [6.45, 7) is 0. The molecule has 2 aromatic carbocycles. The second-order valence-corrected chi connectivity index (χ2v) is 4.86. The molecule has 3 rings (SSSR count). The van der Waals surface area contributed by atoms with Crippen molar-refractivity contribution < 1.29 is 18.3 Å². The van der Waals surface area contributed by atoms with Gasteiger partial charge in [0.05, 0.1) is 7.11 Å². The van der Waals surface area contributed by atoms with Crippen molar-refractivity contribution in [2.45, 2.75) is 0 Å². The lowest BCUT2D eigenvalue weighted by Gasteiger charge is -2.03. The van der Waals surface area contributed by atoms with Gasteiger partial charge in [0, 0.05) is 11.1 Å². The molecule has 0 N–H and O–H groups in total.